The van der Waals surface area contributed by atoms with E-state index in [9.17, 15) is 18.0 Å². The summed E-state index contributed by atoms with van der Waals surface area (Å²) in [4.78, 5) is 11.6. The number of hydrogen-bond acceptors (Lipinski definition) is 1. The molecule has 16 heavy (non-hydrogen) atoms. The lowest BCUT2D eigenvalue weighted by atomic mass is 9.78. The van der Waals surface area contributed by atoms with E-state index in [-0.39, 0.29) is 6.42 Å². The van der Waals surface area contributed by atoms with Gasteiger partial charge in [-0.25, -0.2) is 0 Å². The Kier molecular flexibility index (Phi) is 4.62. The van der Waals surface area contributed by atoms with Crippen LogP contribution in [0.4, 0.5) is 13.2 Å². The predicted octanol–water partition coefficient (Wildman–Crippen LogP) is 2.88. The van der Waals surface area contributed by atoms with Crippen molar-refractivity contribution in [2.75, 3.05) is 6.54 Å². The first-order valence-electron chi connectivity index (χ1n) is 5.81. The van der Waals surface area contributed by atoms with Crippen molar-refractivity contribution in [3.8, 4) is 0 Å². The van der Waals surface area contributed by atoms with Gasteiger partial charge in [-0.1, -0.05) is 19.8 Å². The molecule has 2 atom stereocenters. The van der Waals surface area contributed by atoms with Gasteiger partial charge in [0, 0.05) is 12.5 Å². The third kappa shape index (κ3) is 3.39. The van der Waals surface area contributed by atoms with Crippen molar-refractivity contribution < 1.29 is 18.0 Å². The zero-order chi connectivity index (χ0) is 12.2. The molecule has 0 bridgehead atoms. The number of amides is 1. The zero-order valence-corrected chi connectivity index (χ0v) is 9.44. The Balaban J connectivity index is 2.63. The first kappa shape index (κ1) is 13.3. The first-order chi connectivity index (χ1) is 7.46. The number of halogens is 3. The minimum absolute atomic E-state index is 0.0910. The molecule has 1 amide bonds. The Labute approximate surface area is 93.6 Å². The number of carbonyl (C=O) groups excluding carboxylic acids is 1. The predicted molar refractivity (Wildman–Crippen MR) is 54.8 cm³/mol. The van der Waals surface area contributed by atoms with E-state index < -0.39 is 23.9 Å². The monoisotopic (exact) mass is 237 g/mol. The molecule has 1 fully saturated rings. The normalized spacial score (nSPS) is 26.5. The van der Waals surface area contributed by atoms with Crippen LogP contribution in [0.3, 0.4) is 0 Å². The Hall–Kier alpha value is -0.740. The highest BCUT2D eigenvalue weighted by molar-refractivity contribution is 5.79. The van der Waals surface area contributed by atoms with Gasteiger partial charge in [0.1, 0.15) is 0 Å². The van der Waals surface area contributed by atoms with E-state index in [1.165, 1.54) is 0 Å². The summed E-state index contributed by atoms with van der Waals surface area (Å²) in [6, 6.07) is 0. The summed E-state index contributed by atoms with van der Waals surface area (Å²) in [6.07, 6.45) is -1.75. The molecule has 1 saturated carbocycles. The van der Waals surface area contributed by atoms with E-state index in [1.807, 2.05) is 6.92 Å². The summed E-state index contributed by atoms with van der Waals surface area (Å²) in [5, 5.41) is 2.57. The molecule has 1 N–H and O–H groups in total. The molecular weight excluding hydrogens is 219 g/mol. The largest absolute Gasteiger partial charge is 0.392 e. The van der Waals surface area contributed by atoms with Crippen molar-refractivity contribution in [3.05, 3.63) is 0 Å². The number of alkyl halides is 3. The summed E-state index contributed by atoms with van der Waals surface area (Å²) in [6.45, 7) is 2.34. The van der Waals surface area contributed by atoms with Crippen LogP contribution in [-0.2, 0) is 4.79 Å². The van der Waals surface area contributed by atoms with Crippen LogP contribution in [0, 0.1) is 11.8 Å². The second kappa shape index (κ2) is 5.55. The van der Waals surface area contributed by atoms with Crippen LogP contribution < -0.4 is 5.32 Å². The molecule has 94 valence electrons. The second-order valence-corrected chi connectivity index (χ2v) is 4.33. The van der Waals surface area contributed by atoms with Crippen molar-refractivity contribution in [2.24, 2.45) is 11.8 Å². The third-order valence-corrected chi connectivity index (χ3v) is 3.07. The van der Waals surface area contributed by atoms with E-state index in [4.69, 9.17) is 0 Å². The van der Waals surface area contributed by atoms with Gasteiger partial charge in [-0.05, 0) is 19.3 Å². The van der Waals surface area contributed by atoms with Crippen LogP contribution in [0.25, 0.3) is 0 Å². The average Bonchev–Trinajstić information content (AvgIpc) is 2.24. The maximum atomic E-state index is 12.7. The molecule has 1 aliphatic carbocycles. The summed E-state index contributed by atoms with van der Waals surface area (Å²) in [5.41, 5.74) is 0. The highest BCUT2D eigenvalue weighted by Crippen LogP contribution is 2.41. The molecule has 5 heteroatoms. The molecule has 0 aliphatic heterocycles. The van der Waals surface area contributed by atoms with Gasteiger partial charge in [0.05, 0.1) is 5.92 Å². The SMILES string of the molecule is CCCNC(=O)C1CCCCC1C(F)(F)F. The molecule has 0 saturated heterocycles. The fourth-order valence-electron chi connectivity index (χ4n) is 2.22. The van der Waals surface area contributed by atoms with Gasteiger partial charge >= 0.3 is 6.18 Å². The van der Waals surface area contributed by atoms with Crippen LogP contribution >= 0.6 is 0 Å². The minimum atomic E-state index is -4.24. The quantitative estimate of drug-likeness (QED) is 0.803. The maximum Gasteiger partial charge on any atom is 0.392 e. The molecule has 0 aromatic rings. The van der Waals surface area contributed by atoms with Crippen molar-refractivity contribution in [2.45, 2.75) is 45.2 Å². The van der Waals surface area contributed by atoms with Crippen LogP contribution in [-0.4, -0.2) is 18.6 Å². The summed E-state index contributed by atoms with van der Waals surface area (Å²) < 4.78 is 38.1. The van der Waals surface area contributed by atoms with E-state index in [1.54, 1.807) is 0 Å². The van der Waals surface area contributed by atoms with Gasteiger partial charge in [0.25, 0.3) is 0 Å². The number of carbonyl (C=O) groups is 1. The van der Waals surface area contributed by atoms with Crippen molar-refractivity contribution in [1.29, 1.82) is 0 Å². The molecular formula is C11H18F3NO. The highest BCUT2D eigenvalue weighted by atomic mass is 19.4. The molecule has 0 aromatic carbocycles. The maximum absolute atomic E-state index is 12.7. The van der Waals surface area contributed by atoms with E-state index >= 15 is 0 Å². The smallest absolute Gasteiger partial charge is 0.356 e. The molecule has 0 radical (unpaired) electrons. The lowest BCUT2D eigenvalue weighted by molar-refractivity contribution is -0.198. The number of nitrogens with one attached hydrogen (secondary N) is 1. The standard InChI is InChI=1S/C11H18F3NO/c1-2-7-15-10(16)8-5-3-4-6-9(8)11(12,13)14/h8-9H,2-7H2,1H3,(H,15,16). The van der Waals surface area contributed by atoms with Crippen molar-refractivity contribution in [3.63, 3.8) is 0 Å². The number of hydrogen-bond donors (Lipinski definition) is 1. The van der Waals surface area contributed by atoms with Gasteiger partial charge in [-0.3, -0.25) is 4.79 Å². The van der Waals surface area contributed by atoms with Gasteiger partial charge < -0.3 is 5.32 Å². The van der Waals surface area contributed by atoms with Gasteiger partial charge in [-0.2, -0.15) is 13.2 Å². The Morgan fingerprint density at radius 2 is 1.94 bits per heavy atom. The van der Waals surface area contributed by atoms with E-state index in [2.05, 4.69) is 5.32 Å². The molecule has 0 heterocycles. The molecule has 2 nitrogen and oxygen atoms in total. The molecule has 0 spiro atoms. The number of rotatable bonds is 3. The lowest BCUT2D eigenvalue weighted by Gasteiger charge is -2.31. The zero-order valence-electron chi connectivity index (χ0n) is 9.44. The Bertz CT molecular complexity index is 240. The van der Waals surface area contributed by atoms with Gasteiger partial charge in [-0.15, -0.1) is 0 Å². The van der Waals surface area contributed by atoms with Crippen LogP contribution in [0.2, 0.25) is 0 Å². The Morgan fingerprint density at radius 1 is 1.31 bits per heavy atom. The topological polar surface area (TPSA) is 29.1 Å². The average molecular weight is 237 g/mol. The molecule has 1 aliphatic rings. The highest BCUT2D eigenvalue weighted by Gasteiger charge is 2.47. The second-order valence-electron chi connectivity index (χ2n) is 4.33. The van der Waals surface area contributed by atoms with Crippen LogP contribution in [0.1, 0.15) is 39.0 Å². The molecule has 1 rings (SSSR count). The fourth-order valence-corrected chi connectivity index (χ4v) is 2.22. The lowest BCUT2D eigenvalue weighted by Crippen LogP contribution is -2.42. The van der Waals surface area contributed by atoms with Crippen molar-refractivity contribution in [1.82, 2.24) is 5.32 Å². The fraction of sp³-hybridized carbons (Fsp3) is 0.909. The van der Waals surface area contributed by atoms with Crippen LogP contribution in [0.5, 0.6) is 0 Å². The summed E-state index contributed by atoms with van der Waals surface area (Å²) in [7, 11) is 0. The van der Waals surface area contributed by atoms with E-state index in [0.29, 0.717) is 19.4 Å². The van der Waals surface area contributed by atoms with Gasteiger partial charge in [0.15, 0.2) is 0 Å². The molecule has 2 unspecified atom stereocenters. The van der Waals surface area contributed by atoms with Crippen LogP contribution in [0.15, 0.2) is 0 Å². The summed E-state index contributed by atoms with van der Waals surface area (Å²) >= 11 is 0. The van der Waals surface area contributed by atoms with Gasteiger partial charge in [0.2, 0.25) is 5.91 Å². The van der Waals surface area contributed by atoms with Crippen molar-refractivity contribution >= 4 is 5.91 Å². The summed E-state index contributed by atoms with van der Waals surface area (Å²) in [5.74, 6) is -2.75. The third-order valence-electron chi connectivity index (χ3n) is 3.07. The van der Waals surface area contributed by atoms with E-state index in [0.717, 1.165) is 12.8 Å². The minimum Gasteiger partial charge on any atom is -0.356 e. The molecule has 0 aromatic heterocycles. The Morgan fingerprint density at radius 3 is 2.50 bits per heavy atom. The first-order valence-corrected chi connectivity index (χ1v) is 5.81.